The van der Waals surface area contributed by atoms with Crippen molar-refractivity contribution in [2.45, 2.75) is 25.4 Å². The van der Waals surface area contributed by atoms with Crippen LogP contribution in [0.3, 0.4) is 0 Å². The molecule has 4 aromatic rings. The van der Waals surface area contributed by atoms with Crippen molar-refractivity contribution in [1.82, 2.24) is 5.32 Å². The van der Waals surface area contributed by atoms with Gasteiger partial charge in [-0.15, -0.1) is 0 Å². The molecule has 0 radical (unpaired) electrons. The van der Waals surface area contributed by atoms with Gasteiger partial charge in [-0.3, -0.25) is 25.0 Å². The van der Waals surface area contributed by atoms with Crippen LogP contribution in [0.4, 0.5) is 16.2 Å². The number of carbonyl (C=O) groups excluding carboxylic acids is 3. The Morgan fingerprint density at radius 2 is 1.22 bits per heavy atom. The molecule has 0 aromatic heterocycles. The zero-order valence-corrected chi connectivity index (χ0v) is 24.1. The molecule has 4 rings (SSSR count). The number of non-ortho nitro benzene ring substituents is 2. The predicted octanol–water partition coefficient (Wildman–Crippen LogP) is 4.94. The lowest BCUT2D eigenvalue weighted by molar-refractivity contribution is -0.385. The molecule has 46 heavy (non-hydrogen) atoms. The molecule has 0 aliphatic heterocycles. The van der Waals surface area contributed by atoms with E-state index in [-0.39, 0.29) is 35.9 Å². The van der Waals surface area contributed by atoms with E-state index in [4.69, 9.17) is 18.9 Å². The van der Waals surface area contributed by atoms with Crippen LogP contribution in [0.2, 0.25) is 0 Å². The number of hydrogen-bond acceptors (Lipinski definition) is 11. The van der Waals surface area contributed by atoms with Crippen LogP contribution >= 0.6 is 0 Å². The summed E-state index contributed by atoms with van der Waals surface area (Å²) in [5.41, 5.74) is 0.949. The van der Waals surface area contributed by atoms with Gasteiger partial charge in [0, 0.05) is 30.7 Å². The third-order valence-corrected chi connectivity index (χ3v) is 6.28. The van der Waals surface area contributed by atoms with Gasteiger partial charge in [-0.2, -0.15) is 0 Å². The zero-order valence-electron chi connectivity index (χ0n) is 24.1. The van der Waals surface area contributed by atoms with E-state index in [1.54, 1.807) is 54.6 Å². The molecule has 236 valence electrons. The number of benzene rings is 4. The summed E-state index contributed by atoms with van der Waals surface area (Å²) in [5.74, 6) is -1.85. The normalized spacial score (nSPS) is 11.7. The molecule has 0 aliphatic rings. The third kappa shape index (κ3) is 9.87. The number of nitrogens with zero attached hydrogens (tertiary/aromatic N) is 2. The van der Waals surface area contributed by atoms with Crippen LogP contribution in [0.25, 0.3) is 0 Å². The van der Waals surface area contributed by atoms with Crippen molar-refractivity contribution in [3.63, 3.8) is 0 Å². The van der Waals surface area contributed by atoms with Gasteiger partial charge in [0.25, 0.3) is 17.2 Å². The number of ether oxygens (including phenoxy) is 4. The highest BCUT2D eigenvalue weighted by Gasteiger charge is 2.31. The number of Topliss-reactive ketones (excluding diaryl/α,β-unsaturated/α-hetero) is 1. The fourth-order valence-electron chi connectivity index (χ4n) is 3.95. The molecule has 0 heterocycles. The number of ketones is 1. The average Bonchev–Trinajstić information content (AvgIpc) is 3.07. The summed E-state index contributed by atoms with van der Waals surface area (Å²) in [6, 6.07) is 25.9. The molecule has 2 unspecified atom stereocenters. The minimum atomic E-state index is -1.91. The smallest absolute Gasteiger partial charge is 0.408 e. The van der Waals surface area contributed by atoms with Gasteiger partial charge in [-0.1, -0.05) is 60.7 Å². The molecular weight excluding hydrogens is 602 g/mol. The Morgan fingerprint density at radius 1 is 0.696 bits per heavy atom. The molecule has 14 heteroatoms. The van der Waals surface area contributed by atoms with Crippen molar-refractivity contribution in [3.05, 3.63) is 141 Å². The number of amides is 1. The van der Waals surface area contributed by atoms with E-state index >= 15 is 0 Å². The van der Waals surface area contributed by atoms with E-state index in [0.717, 1.165) is 17.7 Å². The van der Waals surface area contributed by atoms with Gasteiger partial charge in [0.15, 0.2) is 6.61 Å². The Bertz CT molecular complexity index is 1650. The first-order chi connectivity index (χ1) is 22.2. The fraction of sp³-hybridized carbons (Fsp3) is 0.156. The summed E-state index contributed by atoms with van der Waals surface area (Å²) < 4.78 is 21.7. The first-order valence-electron chi connectivity index (χ1n) is 13.7. The van der Waals surface area contributed by atoms with Gasteiger partial charge < -0.3 is 24.3 Å². The van der Waals surface area contributed by atoms with E-state index in [9.17, 15) is 34.6 Å². The number of carbonyl (C=O) groups is 3. The van der Waals surface area contributed by atoms with Crippen molar-refractivity contribution in [3.8, 4) is 11.5 Å². The van der Waals surface area contributed by atoms with E-state index in [1.807, 2.05) is 6.07 Å². The summed E-state index contributed by atoms with van der Waals surface area (Å²) in [6.45, 7) is -0.747. The van der Waals surface area contributed by atoms with Crippen LogP contribution in [0.5, 0.6) is 11.5 Å². The minimum Gasteiger partial charge on any atom is -0.486 e. The second kappa shape index (κ2) is 16.0. The highest BCUT2D eigenvalue weighted by atomic mass is 16.7. The summed E-state index contributed by atoms with van der Waals surface area (Å²) in [5, 5.41) is 24.4. The maximum Gasteiger partial charge on any atom is 0.408 e. The number of nitrogens with one attached hydrogen (secondary N) is 1. The van der Waals surface area contributed by atoms with Gasteiger partial charge in [0.2, 0.25) is 0 Å². The van der Waals surface area contributed by atoms with Crippen LogP contribution in [-0.4, -0.2) is 46.6 Å². The molecule has 1 amide bonds. The second-order valence-corrected chi connectivity index (χ2v) is 9.59. The monoisotopic (exact) mass is 629 g/mol. The SMILES string of the molecule is O=C(NC(Cc1ccccc1)C(=O)OC(Oc1ccc([N+](=O)[O-])cc1)C(=O)COc1ccc([N+](=O)[O-])cc1)OCc1ccccc1. The Morgan fingerprint density at radius 3 is 1.76 bits per heavy atom. The molecule has 0 bridgehead atoms. The van der Waals surface area contributed by atoms with Crippen LogP contribution in [0.15, 0.2) is 109 Å². The average molecular weight is 630 g/mol. The lowest BCUT2D eigenvalue weighted by Gasteiger charge is -2.22. The summed E-state index contributed by atoms with van der Waals surface area (Å²) >= 11 is 0. The largest absolute Gasteiger partial charge is 0.486 e. The fourth-order valence-corrected chi connectivity index (χ4v) is 3.95. The maximum absolute atomic E-state index is 13.5. The summed E-state index contributed by atoms with van der Waals surface area (Å²) in [7, 11) is 0. The molecule has 0 saturated heterocycles. The molecule has 2 atom stereocenters. The zero-order chi connectivity index (χ0) is 32.9. The standard InChI is InChI=1S/C32H27N3O11/c36-29(21-43-26-15-11-24(12-16-26)34(39)40)31(45-27-17-13-25(14-18-27)35(41)42)46-30(37)28(19-22-7-3-1-4-8-22)33-32(38)44-20-23-9-5-2-6-10-23/h1-18,28,31H,19-21H2,(H,33,38). The molecular formula is C32H27N3O11. The van der Waals surface area contributed by atoms with Crippen molar-refractivity contribution < 1.29 is 43.2 Å². The third-order valence-electron chi connectivity index (χ3n) is 6.28. The van der Waals surface area contributed by atoms with Gasteiger partial charge >= 0.3 is 18.4 Å². The number of nitro groups is 2. The van der Waals surface area contributed by atoms with E-state index < -0.39 is 46.6 Å². The predicted molar refractivity (Wildman–Crippen MR) is 161 cm³/mol. The van der Waals surface area contributed by atoms with Gasteiger partial charge in [-0.25, -0.2) is 9.59 Å². The number of esters is 1. The van der Waals surface area contributed by atoms with E-state index in [1.165, 1.54) is 36.4 Å². The van der Waals surface area contributed by atoms with Crippen LogP contribution in [0.1, 0.15) is 11.1 Å². The van der Waals surface area contributed by atoms with Crippen molar-refractivity contribution in [2.24, 2.45) is 0 Å². The Balaban J connectivity index is 1.50. The molecule has 0 spiro atoms. The quantitative estimate of drug-likeness (QED) is 0.0812. The van der Waals surface area contributed by atoms with Crippen LogP contribution in [-0.2, 0) is 32.1 Å². The van der Waals surface area contributed by atoms with Crippen LogP contribution < -0.4 is 14.8 Å². The lowest BCUT2D eigenvalue weighted by Crippen LogP contribution is -2.47. The van der Waals surface area contributed by atoms with Crippen molar-refractivity contribution in [1.29, 1.82) is 0 Å². The lowest BCUT2D eigenvalue weighted by atomic mass is 10.1. The molecule has 0 fully saturated rings. The number of hydrogen-bond donors (Lipinski definition) is 1. The highest BCUT2D eigenvalue weighted by Crippen LogP contribution is 2.21. The first kappa shape index (κ1) is 32.6. The first-order valence-corrected chi connectivity index (χ1v) is 13.7. The van der Waals surface area contributed by atoms with Gasteiger partial charge in [-0.05, 0) is 35.4 Å². The molecule has 4 aromatic carbocycles. The van der Waals surface area contributed by atoms with E-state index in [0.29, 0.717) is 5.56 Å². The molecule has 0 saturated carbocycles. The highest BCUT2D eigenvalue weighted by molar-refractivity contribution is 5.88. The van der Waals surface area contributed by atoms with Gasteiger partial charge in [0.05, 0.1) is 9.85 Å². The Labute approximate surface area is 261 Å². The number of nitro benzene ring substituents is 2. The van der Waals surface area contributed by atoms with Crippen LogP contribution in [0, 0.1) is 20.2 Å². The number of rotatable bonds is 15. The Kier molecular flexibility index (Phi) is 11.3. The van der Waals surface area contributed by atoms with Crippen molar-refractivity contribution in [2.75, 3.05) is 6.61 Å². The number of alkyl carbamates (subject to hydrolysis) is 1. The maximum atomic E-state index is 13.5. The second-order valence-electron chi connectivity index (χ2n) is 9.59. The van der Waals surface area contributed by atoms with E-state index in [2.05, 4.69) is 5.32 Å². The Hall–Kier alpha value is -6.31. The molecule has 0 aliphatic carbocycles. The summed E-state index contributed by atoms with van der Waals surface area (Å²) in [4.78, 5) is 60.1. The summed E-state index contributed by atoms with van der Waals surface area (Å²) in [6.07, 6.45) is -2.85. The molecule has 14 nitrogen and oxygen atoms in total. The van der Waals surface area contributed by atoms with Gasteiger partial charge in [0.1, 0.15) is 24.1 Å². The van der Waals surface area contributed by atoms with Crippen molar-refractivity contribution >= 4 is 29.2 Å². The topological polar surface area (TPSA) is 186 Å². The minimum absolute atomic E-state index is 0.0299. The molecule has 1 N–H and O–H groups in total.